The number of ether oxygens (including phenoxy) is 1. The molecular weight excluding hydrogens is 228 g/mol. The number of carbonyl (C=O) groups is 1. The summed E-state index contributed by atoms with van der Waals surface area (Å²) < 4.78 is 5.35. The second-order valence-corrected chi connectivity index (χ2v) is 4.95. The number of carbonyl (C=O) groups excluding carboxylic acids is 1. The Labute approximate surface area is 108 Å². The summed E-state index contributed by atoms with van der Waals surface area (Å²) in [5.41, 5.74) is 0.592. The van der Waals surface area contributed by atoms with Crippen molar-refractivity contribution in [1.82, 2.24) is 0 Å². The van der Waals surface area contributed by atoms with E-state index in [4.69, 9.17) is 4.74 Å². The quantitative estimate of drug-likeness (QED) is 0.833. The number of esters is 1. The van der Waals surface area contributed by atoms with Gasteiger partial charge >= 0.3 is 5.97 Å². The monoisotopic (exact) mass is 248 g/mol. The standard InChI is InChI=1S/C15H20O3/c16-10-13-8-4-5-9-14(13)11-18-15(17)12-6-2-1-3-7-12/h1-3,6-7,13-14,16H,4-5,8-11H2/t13-,14+/m1/s1. The minimum absolute atomic E-state index is 0.202. The Morgan fingerprint density at radius 1 is 1.17 bits per heavy atom. The first-order chi connectivity index (χ1) is 8.81. The summed E-state index contributed by atoms with van der Waals surface area (Å²) in [6, 6.07) is 9.04. The van der Waals surface area contributed by atoms with Gasteiger partial charge in [0, 0.05) is 6.61 Å². The van der Waals surface area contributed by atoms with Gasteiger partial charge in [0.2, 0.25) is 0 Å². The zero-order valence-electron chi connectivity index (χ0n) is 10.5. The molecule has 0 aliphatic heterocycles. The highest BCUT2D eigenvalue weighted by Crippen LogP contribution is 2.29. The van der Waals surface area contributed by atoms with Crippen LogP contribution in [0, 0.1) is 11.8 Å². The maximum Gasteiger partial charge on any atom is 0.338 e. The van der Waals surface area contributed by atoms with Gasteiger partial charge in [-0.2, -0.15) is 0 Å². The summed E-state index contributed by atoms with van der Waals surface area (Å²) in [6.07, 6.45) is 4.44. The van der Waals surface area contributed by atoms with Crippen LogP contribution in [0.15, 0.2) is 30.3 Å². The molecule has 0 amide bonds. The molecule has 3 nitrogen and oxygen atoms in total. The van der Waals surface area contributed by atoms with Gasteiger partial charge in [-0.1, -0.05) is 31.0 Å². The first-order valence-corrected chi connectivity index (χ1v) is 6.64. The van der Waals surface area contributed by atoms with Crippen molar-refractivity contribution < 1.29 is 14.6 Å². The Morgan fingerprint density at radius 3 is 2.50 bits per heavy atom. The van der Waals surface area contributed by atoms with Gasteiger partial charge in [-0.25, -0.2) is 4.79 Å². The Morgan fingerprint density at radius 2 is 1.83 bits per heavy atom. The zero-order valence-corrected chi connectivity index (χ0v) is 10.5. The Balaban J connectivity index is 1.85. The lowest BCUT2D eigenvalue weighted by atomic mass is 9.80. The maximum atomic E-state index is 11.8. The van der Waals surface area contributed by atoms with Crippen molar-refractivity contribution in [1.29, 1.82) is 0 Å². The molecule has 0 saturated heterocycles. The van der Waals surface area contributed by atoms with E-state index in [2.05, 4.69) is 0 Å². The molecule has 3 heteroatoms. The molecule has 1 N–H and O–H groups in total. The highest BCUT2D eigenvalue weighted by atomic mass is 16.5. The summed E-state index contributed by atoms with van der Waals surface area (Å²) in [5, 5.41) is 9.30. The van der Waals surface area contributed by atoms with Crippen LogP contribution in [0.4, 0.5) is 0 Å². The van der Waals surface area contributed by atoms with Gasteiger partial charge in [0.05, 0.1) is 12.2 Å². The van der Waals surface area contributed by atoms with Crippen molar-refractivity contribution in [2.75, 3.05) is 13.2 Å². The summed E-state index contributed by atoms with van der Waals surface area (Å²) in [4.78, 5) is 11.8. The van der Waals surface area contributed by atoms with Gasteiger partial charge in [-0.15, -0.1) is 0 Å². The van der Waals surface area contributed by atoms with E-state index in [-0.39, 0.29) is 12.6 Å². The molecule has 1 aromatic carbocycles. The van der Waals surface area contributed by atoms with Crippen LogP contribution < -0.4 is 0 Å². The van der Waals surface area contributed by atoms with Crippen LogP contribution >= 0.6 is 0 Å². The zero-order chi connectivity index (χ0) is 12.8. The fraction of sp³-hybridized carbons (Fsp3) is 0.533. The van der Waals surface area contributed by atoms with Crippen molar-refractivity contribution in [2.24, 2.45) is 11.8 Å². The van der Waals surface area contributed by atoms with Gasteiger partial charge < -0.3 is 9.84 Å². The number of rotatable bonds is 4. The molecule has 18 heavy (non-hydrogen) atoms. The summed E-state index contributed by atoms with van der Waals surface area (Å²) in [7, 11) is 0. The second-order valence-electron chi connectivity index (χ2n) is 4.95. The lowest BCUT2D eigenvalue weighted by Crippen LogP contribution is -2.27. The molecule has 0 unspecified atom stereocenters. The minimum atomic E-state index is -0.266. The number of aliphatic hydroxyl groups excluding tert-OH is 1. The van der Waals surface area contributed by atoms with E-state index in [9.17, 15) is 9.90 Å². The molecular formula is C15H20O3. The lowest BCUT2D eigenvalue weighted by Gasteiger charge is -2.29. The highest BCUT2D eigenvalue weighted by molar-refractivity contribution is 5.89. The molecule has 1 aromatic rings. The number of benzene rings is 1. The minimum Gasteiger partial charge on any atom is -0.462 e. The van der Waals surface area contributed by atoms with Gasteiger partial charge in [0.25, 0.3) is 0 Å². The van der Waals surface area contributed by atoms with Crippen molar-refractivity contribution in [3.05, 3.63) is 35.9 Å². The smallest absolute Gasteiger partial charge is 0.338 e. The molecule has 1 fully saturated rings. The molecule has 0 spiro atoms. The van der Waals surface area contributed by atoms with E-state index in [0.717, 1.165) is 12.8 Å². The van der Waals surface area contributed by atoms with Gasteiger partial charge in [-0.05, 0) is 36.8 Å². The SMILES string of the molecule is O=C(OC[C@@H]1CCCC[C@@H]1CO)c1ccccc1. The molecule has 0 radical (unpaired) electrons. The molecule has 1 saturated carbocycles. The molecule has 1 aliphatic carbocycles. The normalized spacial score (nSPS) is 23.6. The molecule has 0 heterocycles. The lowest BCUT2D eigenvalue weighted by molar-refractivity contribution is 0.0272. The van der Waals surface area contributed by atoms with Crippen LogP contribution in [0.5, 0.6) is 0 Å². The average Bonchev–Trinajstić information content (AvgIpc) is 2.46. The predicted molar refractivity (Wildman–Crippen MR) is 69.3 cm³/mol. The second kappa shape index (κ2) is 6.55. The predicted octanol–water partition coefficient (Wildman–Crippen LogP) is 2.64. The highest BCUT2D eigenvalue weighted by Gasteiger charge is 2.25. The first kappa shape index (κ1) is 13.1. The van der Waals surface area contributed by atoms with Crippen molar-refractivity contribution in [3.8, 4) is 0 Å². The van der Waals surface area contributed by atoms with Gasteiger partial charge in [0.1, 0.15) is 0 Å². The van der Waals surface area contributed by atoms with Crippen molar-refractivity contribution >= 4 is 5.97 Å². The third-order valence-electron chi connectivity index (χ3n) is 3.74. The third-order valence-corrected chi connectivity index (χ3v) is 3.74. The van der Waals surface area contributed by atoms with Crippen molar-refractivity contribution in [3.63, 3.8) is 0 Å². The van der Waals surface area contributed by atoms with Crippen molar-refractivity contribution in [2.45, 2.75) is 25.7 Å². The fourth-order valence-electron chi connectivity index (χ4n) is 2.58. The largest absolute Gasteiger partial charge is 0.462 e. The van der Waals surface area contributed by atoms with E-state index in [1.807, 2.05) is 18.2 Å². The fourth-order valence-corrected chi connectivity index (χ4v) is 2.58. The van der Waals surface area contributed by atoms with Gasteiger partial charge in [0.15, 0.2) is 0 Å². The van der Waals surface area contributed by atoms with Gasteiger partial charge in [-0.3, -0.25) is 0 Å². The summed E-state index contributed by atoms with van der Waals surface area (Å²) in [5.74, 6) is 0.344. The molecule has 1 aliphatic rings. The van der Waals surface area contributed by atoms with E-state index >= 15 is 0 Å². The molecule has 2 atom stereocenters. The van der Waals surface area contributed by atoms with Crippen LogP contribution in [0.2, 0.25) is 0 Å². The number of hydrogen-bond acceptors (Lipinski definition) is 3. The van der Waals surface area contributed by atoms with Crippen LogP contribution in [0.1, 0.15) is 36.0 Å². The van der Waals surface area contributed by atoms with Crippen LogP contribution in [0.25, 0.3) is 0 Å². The summed E-state index contributed by atoms with van der Waals surface area (Å²) in [6.45, 7) is 0.631. The molecule has 2 rings (SSSR count). The van der Waals surface area contributed by atoms with E-state index < -0.39 is 0 Å². The average molecular weight is 248 g/mol. The third kappa shape index (κ3) is 3.33. The Hall–Kier alpha value is -1.35. The Kier molecular flexibility index (Phi) is 4.76. The first-order valence-electron chi connectivity index (χ1n) is 6.64. The van der Waals surface area contributed by atoms with Crippen LogP contribution in [0.3, 0.4) is 0 Å². The Bertz CT molecular complexity index is 375. The van der Waals surface area contributed by atoms with Crippen LogP contribution in [-0.4, -0.2) is 24.3 Å². The maximum absolute atomic E-state index is 11.8. The van der Waals surface area contributed by atoms with Crippen LogP contribution in [-0.2, 0) is 4.74 Å². The molecule has 98 valence electrons. The number of aliphatic hydroxyl groups is 1. The van der Waals surface area contributed by atoms with E-state index in [1.54, 1.807) is 12.1 Å². The number of hydrogen-bond donors (Lipinski definition) is 1. The van der Waals surface area contributed by atoms with E-state index in [1.165, 1.54) is 12.8 Å². The topological polar surface area (TPSA) is 46.5 Å². The molecule has 0 aromatic heterocycles. The summed E-state index contributed by atoms with van der Waals surface area (Å²) >= 11 is 0. The van der Waals surface area contributed by atoms with E-state index in [0.29, 0.717) is 24.0 Å². The molecule has 0 bridgehead atoms.